The maximum Gasteiger partial charge on any atom is 0.256 e. The smallest absolute Gasteiger partial charge is 0.256 e. The lowest BCUT2D eigenvalue weighted by molar-refractivity contribution is -0.143. The zero-order chi connectivity index (χ0) is 28.4. The van der Waals surface area contributed by atoms with E-state index in [2.05, 4.69) is 0 Å². The average molecular weight is 571 g/mol. The van der Waals surface area contributed by atoms with Gasteiger partial charge in [-0.15, -0.1) is 0 Å². The standard InChI is InChI=1S/C29H31F2N3O5S/c1-29(28(36)32-40(37)38)17-21(33-13-8-14-39-25-16-23(31)22(30)15-24(25)33)18-34(29)27(35)26(19-9-4-2-5-10-19)20-11-6-3-7-12-20/h2-6,9-11,15-16,21,26H,7-8,12-14,17-18H2,1H3,(H,32,36)(H,37,38)/p-1. The predicted octanol–water partition coefficient (Wildman–Crippen LogP) is 3.88. The lowest BCUT2D eigenvalue weighted by Gasteiger charge is -2.37. The fourth-order valence-corrected chi connectivity index (χ4v) is 6.31. The third-order valence-electron chi connectivity index (χ3n) is 7.90. The number of rotatable bonds is 6. The van der Waals surface area contributed by atoms with Gasteiger partial charge in [0.15, 0.2) is 11.6 Å². The van der Waals surface area contributed by atoms with E-state index in [9.17, 15) is 27.1 Å². The lowest BCUT2D eigenvalue weighted by atomic mass is 9.84. The number of allylic oxidation sites excluding steroid dienone is 3. The number of nitrogens with one attached hydrogen (secondary N) is 1. The fraction of sp³-hybridized carbons (Fsp3) is 0.379. The molecule has 0 aromatic heterocycles. The molecule has 0 spiro atoms. The summed E-state index contributed by atoms with van der Waals surface area (Å²) in [5.41, 5.74) is 0.443. The first-order valence-corrected chi connectivity index (χ1v) is 14.3. The first kappa shape index (κ1) is 28.0. The SMILES string of the molecule is CC1(C(=O)NS(=O)[O-])CC(N2CCCOc3cc(F)c(F)cc32)CN1C(=O)C(C1=CC=CCC1)c1ccccc1. The van der Waals surface area contributed by atoms with Crippen molar-refractivity contribution in [3.63, 3.8) is 0 Å². The molecular weight excluding hydrogens is 540 g/mol. The molecule has 1 saturated heterocycles. The van der Waals surface area contributed by atoms with Crippen molar-refractivity contribution >= 4 is 28.8 Å². The van der Waals surface area contributed by atoms with Gasteiger partial charge in [-0.2, -0.15) is 0 Å². The van der Waals surface area contributed by atoms with Crippen molar-refractivity contribution in [2.24, 2.45) is 0 Å². The second kappa shape index (κ2) is 11.5. The monoisotopic (exact) mass is 570 g/mol. The Labute approximate surface area is 234 Å². The molecule has 2 aliphatic heterocycles. The molecule has 2 aromatic carbocycles. The molecule has 40 heavy (non-hydrogen) atoms. The molecule has 3 aliphatic rings. The van der Waals surface area contributed by atoms with Gasteiger partial charge in [-0.3, -0.25) is 18.5 Å². The van der Waals surface area contributed by atoms with Gasteiger partial charge in [0.1, 0.15) is 11.3 Å². The number of halogens is 2. The number of amides is 2. The van der Waals surface area contributed by atoms with Crippen molar-refractivity contribution in [2.45, 2.75) is 50.1 Å². The largest absolute Gasteiger partial charge is 0.755 e. The van der Waals surface area contributed by atoms with E-state index >= 15 is 0 Å². The second-order valence-electron chi connectivity index (χ2n) is 10.4. The molecule has 2 aromatic rings. The van der Waals surface area contributed by atoms with Crippen LogP contribution in [0.25, 0.3) is 0 Å². The topological polar surface area (TPSA) is 102 Å². The van der Waals surface area contributed by atoms with Gasteiger partial charge in [0.2, 0.25) is 5.91 Å². The van der Waals surface area contributed by atoms with Gasteiger partial charge in [-0.1, -0.05) is 54.1 Å². The van der Waals surface area contributed by atoms with Gasteiger partial charge in [-0.25, -0.2) is 8.78 Å². The number of ether oxygens (including phenoxy) is 1. The number of carbonyl (C=O) groups excluding carboxylic acids is 2. The quantitative estimate of drug-likeness (QED) is 0.529. The zero-order valence-corrected chi connectivity index (χ0v) is 22.8. The van der Waals surface area contributed by atoms with Crippen molar-refractivity contribution in [2.75, 3.05) is 24.6 Å². The number of likely N-dealkylation sites (tertiary alicyclic amines) is 1. The maximum absolute atomic E-state index is 14.5. The normalized spacial score (nSPS) is 23.9. The van der Waals surface area contributed by atoms with Crippen molar-refractivity contribution in [1.82, 2.24) is 9.62 Å². The van der Waals surface area contributed by atoms with Gasteiger partial charge in [0, 0.05) is 49.0 Å². The number of hydrogen-bond donors (Lipinski definition) is 1. The van der Waals surface area contributed by atoms with Gasteiger partial charge in [-0.05, 0) is 31.7 Å². The summed E-state index contributed by atoms with van der Waals surface area (Å²) in [6.45, 7) is 2.31. The van der Waals surface area contributed by atoms with Gasteiger partial charge in [0.25, 0.3) is 5.91 Å². The Balaban J connectivity index is 1.56. The van der Waals surface area contributed by atoms with E-state index < -0.39 is 46.3 Å². The summed E-state index contributed by atoms with van der Waals surface area (Å²) >= 11 is -2.89. The van der Waals surface area contributed by atoms with Crippen LogP contribution in [0.2, 0.25) is 0 Å². The van der Waals surface area contributed by atoms with Gasteiger partial charge in [0.05, 0.1) is 18.2 Å². The van der Waals surface area contributed by atoms with E-state index in [-0.39, 0.29) is 31.2 Å². The van der Waals surface area contributed by atoms with Gasteiger partial charge < -0.3 is 19.1 Å². The summed E-state index contributed by atoms with van der Waals surface area (Å²) in [4.78, 5) is 31.1. The molecule has 1 fully saturated rings. The van der Waals surface area contributed by atoms with E-state index in [1.54, 1.807) is 6.92 Å². The van der Waals surface area contributed by atoms with Crippen LogP contribution in [-0.2, 0) is 20.9 Å². The Bertz CT molecular complexity index is 1390. The van der Waals surface area contributed by atoms with Crippen molar-refractivity contribution in [3.8, 4) is 5.75 Å². The molecule has 0 saturated carbocycles. The molecule has 212 valence electrons. The van der Waals surface area contributed by atoms with Crippen LogP contribution in [0.15, 0.2) is 66.3 Å². The molecular formula is C29H30F2N3O5S-. The second-order valence-corrected chi connectivity index (χ2v) is 11.1. The Hall–Kier alpha value is -3.57. The molecule has 2 amide bonds. The van der Waals surface area contributed by atoms with Crippen molar-refractivity contribution in [1.29, 1.82) is 0 Å². The number of carbonyl (C=O) groups is 2. The summed E-state index contributed by atoms with van der Waals surface area (Å²) < 4.78 is 59.0. The average Bonchev–Trinajstić information content (AvgIpc) is 3.17. The van der Waals surface area contributed by atoms with Crippen molar-refractivity contribution in [3.05, 3.63) is 83.5 Å². The first-order chi connectivity index (χ1) is 19.2. The predicted molar refractivity (Wildman–Crippen MR) is 145 cm³/mol. The Morgan fingerprint density at radius 1 is 1.20 bits per heavy atom. The number of benzene rings is 2. The van der Waals surface area contributed by atoms with Crippen LogP contribution in [0.3, 0.4) is 0 Å². The van der Waals surface area contributed by atoms with Crippen LogP contribution >= 0.6 is 0 Å². The molecule has 4 atom stereocenters. The summed E-state index contributed by atoms with van der Waals surface area (Å²) in [5.74, 6) is -3.75. The third kappa shape index (κ3) is 5.40. The van der Waals surface area contributed by atoms with Crippen LogP contribution in [0.4, 0.5) is 14.5 Å². The zero-order valence-electron chi connectivity index (χ0n) is 22.0. The van der Waals surface area contributed by atoms with E-state index in [0.717, 1.165) is 29.7 Å². The third-order valence-corrected chi connectivity index (χ3v) is 8.26. The van der Waals surface area contributed by atoms with Crippen molar-refractivity contribution < 1.29 is 31.9 Å². The van der Waals surface area contributed by atoms with Crippen LogP contribution in [0, 0.1) is 11.6 Å². The molecule has 1 aliphatic carbocycles. The molecule has 5 rings (SSSR count). The maximum atomic E-state index is 14.5. The minimum Gasteiger partial charge on any atom is -0.755 e. The minimum atomic E-state index is -2.89. The van der Waals surface area contributed by atoms with Gasteiger partial charge >= 0.3 is 0 Å². The number of anilines is 1. The molecule has 0 radical (unpaired) electrons. The summed E-state index contributed by atoms with van der Waals surface area (Å²) in [6, 6.07) is 10.8. The molecule has 1 N–H and O–H groups in total. The lowest BCUT2D eigenvalue weighted by Crippen LogP contribution is -2.56. The molecule has 2 heterocycles. The number of fused-ring (bicyclic) bond motifs is 1. The van der Waals surface area contributed by atoms with Crippen LogP contribution in [0.1, 0.15) is 44.1 Å². The molecule has 8 nitrogen and oxygen atoms in total. The highest BCUT2D eigenvalue weighted by Crippen LogP contribution is 2.42. The fourth-order valence-electron chi connectivity index (χ4n) is 5.94. The van der Waals surface area contributed by atoms with Crippen LogP contribution in [-0.4, -0.2) is 56.8 Å². The van der Waals surface area contributed by atoms with E-state index in [4.69, 9.17) is 4.74 Å². The van der Waals surface area contributed by atoms with E-state index in [1.807, 2.05) is 58.2 Å². The van der Waals surface area contributed by atoms with Crippen LogP contribution < -0.4 is 14.4 Å². The minimum absolute atomic E-state index is 0.0686. The highest BCUT2D eigenvalue weighted by Gasteiger charge is 2.53. The molecule has 4 unspecified atom stereocenters. The summed E-state index contributed by atoms with van der Waals surface area (Å²) in [6.07, 6.45) is 7.88. The Morgan fingerprint density at radius 2 is 1.95 bits per heavy atom. The highest BCUT2D eigenvalue weighted by atomic mass is 32.2. The van der Waals surface area contributed by atoms with E-state index in [0.29, 0.717) is 25.1 Å². The Kier molecular flexibility index (Phi) is 8.04. The highest BCUT2D eigenvalue weighted by molar-refractivity contribution is 7.77. The van der Waals surface area contributed by atoms with Crippen LogP contribution in [0.5, 0.6) is 5.75 Å². The number of nitrogens with zero attached hydrogens (tertiary/aromatic N) is 2. The molecule has 0 bridgehead atoms. The Morgan fingerprint density at radius 3 is 2.65 bits per heavy atom. The number of hydrogen-bond acceptors (Lipinski definition) is 6. The first-order valence-electron chi connectivity index (χ1n) is 13.2. The van der Waals surface area contributed by atoms with E-state index in [1.165, 1.54) is 4.90 Å². The summed E-state index contributed by atoms with van der Waals surface area (Å²) in [5, 5.41) is 0. The molecule has 11 heteroatoms. The summed E-state index contributed by atoms with van der Waals surface area (Å²) in [7, 11) is 0.